The first-order chi connectivity index (χ1) is 10.5. The van der Waals surface area contributed by atoms with Gasteiger partial charge in [0, 0.05) is 25.8 Å². The number of amides is 1. The summed E-state index contributed by atoms with van der Waals surface area (Å²) in [5.41, 5.74) is 4.04. The van der Waals surface area contributed by atoms with Crippen LogP contribution in [-0.4, -0.2) is 47.1 Å². The summed E-state index contributed by atoms with van der Waals surface area (Å²) in [5, 5.41) is 0. The largest absolute Gasteiger partial charge is 0.376 e. The molecule has 1 fully saturated rings. The molecular formula is C17H21N3O2. The Hall–Kier alpha value is -2.01. The predicted octanol–water partition coefficient (Wildman–Crippen LogP) is 2.50. The fourth-order valence-corrected chi connectivity index (χ4v) is 2.76. The van der Waals surface area contributed by atoms with Gasteiger partial charge in [-0.25, -0.2) is 9.97 Å². The van der Waals surface area contributed by atoms with Gasteiger partial charge >= 0.3 is 0 Å². The maximum Gasteiger partial charge on any atom is 0.253 e. The van der Waals surface area contributed by atoms with Crippen molar-refractivity contribution >= 4 is 16.9 Å². The van der Waals surface area contributed by atoms with Crippen LogP contribution in [0.1, 0.15) is 34.6 Å². The Labute approximate surface area is 130 Å². The summed E-state index contributed by atoms with van der Waals surface area (Å²) in [6, 6.07) is 5.51. The minimum atomic E-state index is -0.00238. The van der Waals surface area contributed by atoms with Crippen LogP contribution in [0.3, 0.4) is 0 Å². The van der Waals surface area contributed by atoms with Gasteiger partial charge in [-0.1, -0.05) is 0 Å². The molecule has 1 aromatic carbocycles. The van der Waals surface area contributed by atoms with Crippen molar-refractivity contribution in [3.05, 3.63) is 35.2 Å². The summed E-state index contributed by atoms with van der Waals surface area (Å²) < 4.78 is 5.59. The van der Waals surface area contributed by atoms with E-state index in [0.29, 0.717) is 12.1 Å². The highest BCUT2D eigenvalue weighted by Crippen LogP contribution is 2.17. The third-order valence-corrected chi connectivity index (χ3v) is 4.17. The second-order valence-electron chi connectivity index (χ2n) is 5.92. The Bertz CT molecular complexity index is 708. The van der Waals surface area contributed by atoms with Crippen LogP contribution < -0.4 is 0 Å². The standard InChI is InChI=1S/C17H21N3O2/c1-11-12(2)19-16-9-13(6-7-15(16)18-11)17(21)20(3)10-14-5-4-8-22-14/h6-7,9,14H,4-5,8,10H2,1-3H3. The maximum atomic E-state index is 12.6. The average Bonchev–Trinajstić information content (AvgIpc) is 3.00. The first-order valence-corrected chi connectivity index (χ1v) is 7.66. The average molecular weight is 299 g/mol. The number of rotatable bonds is 3. The molecule has 0 N–H and O–H groups in total. The quantitative estimate of drug-likeness (QED) is 0.874. The molecule has 1 aliphatic heterocycles. The number of hydrogen-bond acceptors (Lipinski definition) is 4. The van der Waals surface area contributed by atoms with Crippen LogP contribution in [0, 0.1) is 13.8 Å². The summed E-state index contributed by atoms with van der Waals surface area (Å²) in [6.45, 7) is 5.31. The molecule has 1 amide bonds. The van der Waals surface area contributed by atoms with E-state index in [1.165, 1.54) is 0 Å². The normalized spacial score (nSPS) is 17.9. The minimum absolute atomic E-state index is 0.00238. The number of nitrogens with zero attached hydrogens (tertiary/aromatic N) is 3. The minimum Gasteiger partial charge on any atom is -0.376 e. The molecule has 1 saturated heterocycles. The number of aryl methyl sites for hydroxylation is 2. The zero-order chi connectivity index (χ0) is 15.7. The Balaban J connectivity index is 1.82. The lowest BCUT2D eigenvalue weighted by atomic mass is 10.1. The molecule has 1 unspecified atom stereocenters. The molecule has 3 rings (SSSR count). The van der Waals surface area contributed by atoms with Crippen LogP contribution in [0.5, 0.6) is 0 Å². The van der Waals surface area contributed by atoms with Crippen LogP contribution in [0.4, 0.5) is 0 Å². The van der Waals surface area contributed by atoms with E-state index in [1.54, 1.807) is 4.90 Å². The number of fused-ring (bicyclic) bond motifs is 1. The number of aromatic nitrogens is 2. The number of carbonyl (C=O) groups is 1. The molecule has 1 aromatic heterocycles. The summed E-state index contributed by atoms with van der Waals surface area (Å²) in [7, 11) is 1.82. The Morgan fingerprint density at radius 3 is 2.68 bits per heavy atom. The van der Waals surface area contributed by atoms with E-state index in [4.69, 9.17) is 4.74 Å². The van der Waals surface area contributed by atoms with Crippen LogP contribution in [0.15, 0.2) is 18.2 Å². The van der Waals surface area contributed by atoms with Crippen molar-refractivity contribution in [1.29, 1.82) is 0 Å². The number of benzene rings is 1. The lowest BCUT2D eigenvalue weighted by molar-refractivity contribution is 0.0587. The number of likely N-dealkylation sites (N-methyl/N-ethyl adjacent to an activating group) is 1. The Morgan fingerprint density at radius 1 is 1.27 bits per heavy atom. The molecule has 22 heavy (non-hydrogen) atoms. The van der Waals surface area contributed by atoms with Gasteiger partial charge in [-0.3, -0.25) is 4.79 Å². The van der Waals surface area contributed by atoms with Gasteiger partial charge in [0.15, 0.2) is 0 Å². The van der Waals surface area contributed by atoms with Crippen molar-refractivity contribution < 1.29 is 9.53 Å². The number of hydrogen-bond donors (Lipinski definition) is 0. The van der Waals surface area contributed by atoms with Crippen molar-refractivity contribution in [1.82, 2.24) is 14.9 Å². The molecule has 5 heteroatoms. The summed E-state index contributed by atoms with van der Waals surface area (Å²) >= 11 is 0. The Morgan fingerprint density at radius 2 is 2.00 bits per heavy atom. The first-order valence-electron chi connectivity index (χ1n) is 7.66. The van der Waals surface area contributed by atoms with E-state index >= 15 is 0 Å². The van der Waals surface area contributed by atoms with Gasteiger partial charge in [-0.05, 0) is 44.9 Å². The van der Waals surface area contributed by atoms with Crippen molar-refractivity contribution in [2.45, 2.75) is 32.8 Å². The van der Waals surface area contributed by atoms with Crippen LogP contribution >= 0.6 is 0 Å². The van der Waals surface area contributed by atoms with Crippen molar-refractivity contribution in [2.24, 2.45) is 0 Å². The number of carbonyl (C=O) groups excluding carboxylic acids is 1. The summed E-state index contributed by atoms with van der Waals surface area (Å²) in [4.78, 5) is 23.3. The first kappa shape index (κ1) is 14.9. The molecule has 0 spiro atoms. The lowest BCUT2D eigenvalue weighted by Gasteiger charge is -2.21. The number of ether oxygens (including phenoxy) is 1. The third-order valence-electron chi connectivity index (χ3n) is 4.17. The van der Waals surface area contributed by atoms with Crippen LogP contribution in [0.25, 0.3) is 11.0 Å². The van der Waals surface area contributed by atoms with Gasteiger partial charge in [0.2, 0.25) is 0 Å². The van der Waals surface area contributed by atoms with Gasteiger partial charge in [-0.15, -0.1) is 0 Å². The topological polar surface area (TPSA) is 55.3 Å². The van der Waals surface area contributed by atoms with Gasteiger partial charge in [-0.2, -0.15) is 0 Å². The van der Waals surface area contributed by atoms with Crippen LogP contribution in [0.2, 0.25) is 0 Å². The predicted molar refractivity (Wildman–Crippen MR) is 84.9 cm³/mol. The van der Waals surface area contributed by atoms with Gasteiger partial charge in [0.1, 0.15) is 0 Å². The smallest absolute Gasteiger partial charge is 0.253 e. The highest BCUT2D eigenvalue weighted by molar-refractivity contribution is 5.97. The highest BCUT2D eigenvalue weighted by atomic mass is 16.5. The fourth-order valence-electron chi connectivity index (χ4n) is 2.76. The van der Waals surface area contributed by atoms with Crippen molar-refractivity contribution in [3.8, 4) is 0 Å². The zero-order valence-corrected chi connectivity index (χ0v) is 13.3. The molecule has 1 aliphatic rings. The highest BCUT2D eigenvalue weighted by Gasteiger charge is 2.21. The van der Waals surface area contributed by atoms with E-state index < -0.39 is 0 Å². The molecule has 116 valence electrons. The fraction of sp³-hybridized carbons (Fsp3) is 0.471. The monoisotopic (exact) mass is 299 g/mol. The molecule has 0 saturated carbocycles. The zero-order valence-electron chi connectivity index (χ0n) is 13.3. The SMILES string of the molecule is Cc1nc2ccc(C(=O)N(C)CC3CCCO3)cc2nc1C. The van der Waals surface area contributed by atoms with Gasteiger partial charge in [0.05, 0.1) is 28.5 Å². The van der Waals surface area contributed by atoms with E-state index in [0.717, 1.165) is 41.9 Å². The molecular weight excluding hydrogens is 278 g/mol. The van der Waals surface area contributed by atoms with E-state index in [2.05, 4.69) is 9.97 Å². The summed E-state index contributed by atoms with van der Waals surface area (Å²) in [6.07, 6.45) is 2.27. The second-order valence-corrected chi connectivity index (χ2v) is 5.92. The van der Waals surface area contributed by atoms with E-state index in [-0.39, 0.29) is 12.0 Å². The molecule has 1 atom stereocenters. The molecule has 5 nitrogen and oxygen atoms in total. The molecule has 0 radical (unpaired) electrons. The molecule has 2 heterocycles. The van der Waals surface area contributed by atoms with E-state index in [9.17, 15) is 4.79 Å². The molecule has 0 bridgehead atoms. The van der Waals surface area contributed by atoms with Gasteiger partial charge < -0.3 is 9.64 Å². The second kappa shape index (κ2) is 6.01. The van der Waals surface area contributed by atoms with Crippen LogP contribution in [-0.2, 0) is 4.74 Å². The van der Waals surface area contributed by atoms with Gasteiger partial charge in [0.25, 0.3) is 5.91 Å². The molecule has 2 aromatic rings. The maximum absolute atomic E-state index is 12.6. The van der Waals surface area contributed by atoms with Crippen molar-refractivity contribution in [3.63, 3.8) is 0 Å². The lowest BCUT2D eigenvalue weighted by Crippen LogP contribution is -2.34. The third kappa shape index (κ3) is 2.95. The summed E-state index contributed by atoms with van der Waals surface area (Å²) in [5.74, 6) is -0.00238. The van der Waals surface area contributed by atoms with E-state index in [1.807, 2.05) is 39.1 Å². The molecule has 0 aliphatic carbocycles. The van der Waals surface area contributed by atoms with Crippen molar-refractivity contribution in [2.75, 3.05) is 20.2 Å². The Kier molecular flexibility index (Phi) is 4.07.